The molecule has 5 aliphatic carbocycles. The van der Waals surface area contributed by atoms with Gasteiger partial charge in [0.1, 0.15) is 17.7 Å². The first-order valence-corrected chi connectivity index (χ1v) is 19.9. The number of aryl methyl sites for hydroxylation is 1. The third-order valence-corrected chi connectivity index (χ3v) is 13.0. The minimum Gasteiger partial charge on any atom is -0.496 e. The average Bonchev–Trinajstić information content (AvgIpc) is 3.67. The van der Waals surface area contributed by atoms with Gasteiger partial charge >= 0.3 is 6.09 Å². The van der Waals surface area contributed by atoms with Gasteiger partial charge in [-0.3, -0.25) is 14.4 Å². The van der Waals surface area contributed by atoms with Crippen molar-refractivity contribution >= 4 is 17.8 Å². The minimum atomic E-state index is -0.298. The number of methoxy groups -OCH3 is 1. The van der Waals surface area contributed by atoms with E-state index in [2.05, 4.69) is 68.6 Å². The fourth-order valence-electron chi connectivity index (χ4n) is 9.58. The Balaban J connectivity index is 1.08. The van der Waals surface area contributed by atoms with Crippen LogP contribution in [0.1, 0.15) is 128 Å². The summed E-state index contributed by atoms with van der Waals surface area (Å²) in [5.41, 5.74) is 4.78. The molecule has 5 aliphatic rings. The summed E-state index contributed by atoms with van der Waals surface area (Å²) in [7, 11) is 1.74. The molecule has 1 aromatic carbocycles. The average molecular weight is 710 g/mol. The number of hydrogen-bond donors (Lipinski definition) is 1. The van der Waals surface area contributed by atoms with Gasteiger partial charge in [0.05, 0.1) is 18.8 Å². The number of rotatable bonds is 9. The summed E-state index contributed by atoms with van der Waals surface area (Å²) in [5, 5.41) is 7.74. The predicted molar refractivity (Wildman–Crippen MR) is 205 cm³/mol. The summed E-state index contributed by atoms with van der Waals surface area (Å²) in [4.78, 5) is 34.4. The fourth-order valence-corrected chi connectivity index (χ4v) is 9.58. The van der Waals surface area contributed by atoms with Crippen molar-refractivity contribution < 1.29 is 19.1 Å². The summed E-state index contributed by atoms with van der Waals surface area (Å²) in [5.74, 6) is 1.70. The van der Waals surface area contributed by atoms with Crippen LogP contribution in [0.25, 0.3) is 11.1 Å². The lowest BCUT2D eigenvalue weighted by Crippen LogP contribution is -2.52. The number of benzene rings is 1. The first-order valence-electron chi connectivity index (χ1n) is 19.9. The predicted octanol–water partition coefficient (Wildman–Crippen LogP) is 9.26. The summed E-state index contributed by atoms with van der Waals surface area (Å²) in [6.45, 7) is 9.25. The van der Waals surface area contributed by atoms with Gasteiger partial charge in [-0.25, -0.2) is 9.78 Å². The van der Waals surface area contributed by atoms with Gasteiger partial charge in [0.15, 0.2) is 0 Å². The molecule has 9 heteroatoms. The van der Waals surface area contributed by atoms with Crippen LogP contribution in [-0.4, -0.2) is 52.6 Å². The number of carbonyl (C=O) groups excluding carboxylic acids is 2. The molecular formula is C43H59N5O4. The standard InChI is InChI=1S/C43H59N5O4/c1-30-25-34(13-16-37(30)51-5)43-21-18-42(19-22-43,20-23-43)29-47(38-26-32(17-24-44-38)33-27-45-48(28-33)41(2,3)4)39(49)31-11-14-36(15-12-31)52-40(50)46-35-9-7-6-8-10-35/h13,16-17,24-28,31,35-36H,6-12,14-15,18-23,29H2,1-5H3,(H,46,50)/t31-,36-,42?,43?. The van der Waals surface area contributed by atoms with Crippen molar-refractivity contribution in [1.29, 1.82) is 0 Å². The zero-order chi connectivity index (χ0) is 36.5. The van der Waals surface area contributed by atoms with E-state index in [0.717, 1.165) is 86.9 Å². The van der Waals surface area contributed by atoms with E-state index in [1.165, 1.54) is 17.5 Å². The van der Waals surface area contributed by atoms with Gasteiger partial charge in [-0.2, -0.15) is 5.10 Å². The molecule has 1 N–H and O–H groups in total. The maximum absolute atomic E-state index is 14.7. The van der Waals surface area contributed by atoms with E-state index in [9.17, 15) is 9.59 Å². The van der Waals surface area contributed by atoms with E-state index < -0.39 is 0 Å². The van der Waals surface area contributed by atoms with Crippen LogP contribution in [0.15, 0.2) is 48.9 Å². The van der Waals surface area contributed by atoms with Crippen molar-refractivity contribution in [2.24, 2.45) is 11.3 Å². The second-order valence-corrected chi connectivity index (χ2v) is 17.5. The molecule has 0 unspecified atom stereocenters. The second kappa shape index (κ2) is 14.9. The molecule has 2 bridgehead atoms. The van der Waals surface area contributed by atoms with Gasteiger partial charge < -0.3 is 14.8 Å². The first kappa shape index (κ1) is 36.5. The molecule has 8 rings (SSSR count). The molecule has 0 atom stereocenters. The van der Waals surface area contributed by atoms with Crippen LogP contribution in [-0.2, 0) is 20.5 Å². The lowest BCUT2D eigenvalue weighted by atomic mass is 9.51. The van der Waals surface area contributed by atoms with E-state index in [0.29, 0.717) is 32.2 Å². The fraction of sp³-hybridized carbons (Fsp3) is 0.628. The van der Waals surface area contributed by atoms with Gasteiger partial charge in [-0.1, -0.05) is 31.4 Å². The van der Waals surface area contributed by atoms with Crippen LogP contribution in [0, 0.1) is 18.3 Å². The topological polar surface area (TPSA) is 98.6 Å². The molecule has 0 saturated heterocycles. The number of hydrogen-bond acceptors (Lipinski definition) is 6. The van der Waals surface area contributed by atoms with E-state index in [1.807, 2.05) is 28.0 Å². The molecule has 0 aliphatic heterocycles. The molecule has 280 valence electrons. The molecule has 52 heavy (non-hydrogen) atoms. The summed E-state index contributed by atoms with van der Waals surface area (Å²) in [6.07, 6.45) is 20.5. The number of anilines is 1. The van der Waals surface area contributed by atoms with Crippen molar-refractivity contribution in [2.75, 3.05) is 18.6 Å². The number of aromatic nitrogens is 3. The maximum Gasteiger partial charge on any atom is 0.407 e. The van der Waals surface area contributed by atoms with Crippen molar-refractivity contribution in [3.05, 3.63) is 60.0 Å². The lowest BCUT2D eigenvalue weighted by Gasteiger charge is -2.55. The van der Waals surface area contributed by atoms with Crippen LogP contribution in [0.4, 0.5) is 10.6 Å². The maximum atomic E-state index is 14.7. The highest BCUT2D eigenvalue weighted by Crippen LogP contribution is 2.58. The minimum absolute atomic E-state index is 0.0608. The van der Waals surface area contributed by atoms with Gasteiger partial charge in [-0.05, 0) is 150 Å². The monoisotopic (exact) mass is 709 g/mol. The first-order chi connectivity index (χ1) is 25.0. The molecule has 5 fully saturated rings. The molecule has 9 nitrogen and oxygen atoms in total. The Labute approximate surface area is 310 Å². The van der Waals surface area contributed by atoms with Crippen molar-refractivity contribution in [1.82, 2.24) is 20.1 Å². The molecule has 3 aromatic rings. The number of pyridine rings is 1. The SMILES string of the molecule is COc1ccc(C23CCC(CN(c4cc(-c5cnn(C(C)(C)C)c5)ccn4)C(=O)[C@H]4CC[C@H](OC(=O)NC5CCCCC5)CC4)(CC2)CC3)cc1C. The Morgan fingerprint density at radius 2 is 1.63 bits per heavy atom. The van der Waals surface area contributed by atoms with Gasteiger partial charge in [0.2, 0.25) is 5.91 Å². The quantitative estimate of drug-likeness (QED) is 0.238. The van der Waals surface area contributed by atoms with Crippen LogP contribution in [0.2, 0.25) is 0 Å². The highest BCUT2D eigenvalue weighted by Gasteiger charge is 2.51. The summed E-state index contributed by atoms with van der Waals surface area (Å²) >= 11 is 0. The molecule has 2 heterocycles. The van der Waals surface area contributed by atoms with Crippen LogP contribution in [0.5, 0.6) is 5.75 Å². The van der Waals surface area contributed by atoms with Crippen LogP contribution >= 0.6 is 0 Å². The molecular weight excluding hydrogens is 651 g/mol. The Kier molecular flexibility index (Phi) is 10.4. The highest BCUT2D eigenvalue weighted by atomic mass is 16.6. The molecule has 5 saturated carbocycles. The number of nitrogens with one attached hydrogen (secondary N) is 1. The van der Waals surface area contributed by atoms with Crippen LogP contribution < -0.4 is 15.0 Å². The normalized spacial score (nSPS) is 26.5. The van der Waals surface area contributed by atoms with Gasteiger partial charge in [-0.15, -0.1) is 0 Å². The van der Waals surface area contributed by atoms with Crippen LogP contribution in [0.3, 0.4) is 0 Å². The third-order valence-electron chi connectivity index (χ3n) is 13.0. The molecule has 0 radical (unpaired) electrons. The third kappa shape index (κ3) is 7.74. The zero-order valence-electron chi connectivity index (χ0n) is 32.1. The summed E-state index contributed by atoms with van der Waals surface area (Å²) in [6, 6.07) is 11.1. The Morgan fingerprint density at radius 1 is 0.923 bits per heavy atom. The summed E-state index contributed by atoms with van der Waals surface area (Å²) < 4.78 is 13.4. The van der Waals surface area contributed by atoms with Crippen molar-refractivity contribution in [3.63, 3.8) is 0 Å². The van der Waals surface area contributed by atoms with Crippen molar-refractivity contribution in [3.8, 4) is 16.9 Å². The van der Waals surface area contributed by atoms with E-state index in [4.69, 9.17) is 14.5 Å². The van der Waals surface area contributed by atoms with Gasteiger partial charge in [0, 0.05) is 36.5 Å². The van der Waals surface area contributed by atoms with E-state index in [-0.39, 0.29) is 46.4 Å². The molecule has 2 amide bonds. The lowest BCUT2D eigenvalue weighted by molar-refractivity contribution is -0.124. The van der Waals surface area contributed by atoms with E-state index in [1.54, 1.807) is 7.11 Å². The smallest absolute Gasteiger partial charge is 0.407 e. The Bertz CT molecular complexity index is 1700. The largest absolute Gasteiger partial charge is 0.496 e. The Hall–Kier alpha value is -3.88. The van der Waals surface area contributed by atoms with E-state index >= 15 is 0 Å². The number of amides is 2. The number of alkyl carbamates (subject to hydrolysis) is 1. The van der Waals surface area contributed by atoms with Crippen molar-refractivity contribution in [2.45, 2.75) is 147 Å². The zero-order valence-corrected chi connectivity index (χ0v) is 32.1. The number of ether oxygens (including phenoxy) is 2. The number of nitrogens with zero attached hydrogens (tertiary/aromatic N) is 4. The number of fused-ring (bicyclic) bond motifs is 3. The molecule has 0 spiro atoms. The second-order valence-electron chi connectivity index (χ2n) is 17.5. The molecule has 2 aromatic heterocycles. The van der Waals surface area contributed by atoms with Gasteiger partial charge in [0.25, 0.3) is 0 Å². The highest BCUT2D eigenvalue weighted by molar-refractivity contribution is 5.95. The number of carbonyl (C=O) groups is 2. The Morgan fingerprint density at radius 3 is 2.27 bits per heavy atom.